The summed E-state index contributed by atoms with van der Waals surface area (Å²) in [5.41, 5.74) is -2.37. The number of aliphatic hydroxyl groups excluding tert-OH is 1. The minimum atomic E-state index is -1.45. The van der Waals surface area contributed by atoms with Gasteiger partial charge in [0.05, 0.1) is 24.4 Å². The third-order valence-corrected chi connectivity index (χ3v) is 10.1. The van der Waals surface area contributed by atoms with Crippen LogP contribution in [0.3, 0.4) is 0 Å². The van der Waals surface area contributed by atoms with Crippen molar-refractivity contribution >= 4 is 17.7 Å². The van der Waals surface area contributed by atoms with Crippen LogP contribution in [0.15, 0.2) is 0 Å². The van der Waals surface area contributed by atoms with Crippen molar-refractivity contribution in [1.82, 2.24) is 20.0 Å². The van der Waals surface area contributed by atoms with Gasteiger partial charge in [0.1, 0.15) is 18.1 Å². The summed E-state index contributed by atoms with van der Waals surface area (Å²) < 4.78 is 24.7. The van der Waals surface area contributed by atoms with Crippen LogP contribution in [0.25, 0.3) is 0 Å². The molecule has 12 heteroatoms. The number of ketones is 1. The summed E-state index contributed by atoms with van der Waals surface area (Å²) in [6.45, 7) is 15.4. The molecule has 1 unspecified atom stereocenters. The molecule has 3 aliphatic heterocycles. The van der Waals surface area contributed by atoms with Crippen molar-refractivity contribution in [1.29, 1.82) is 0 Å². The second-order valence-corrected chi connectivity index (χ2v) is 14.9. The Morgan fingerprint density at radius 2 is 1.82 bits per heavy atom. The van der Waals surface area contributed by atoms with Gasteiger partial charge in [-0.25, -0.2) is 0 Å². The lowest BCUT2D eigenvalue weighted by Gasteiger charge is -2.46. The Hall–Kier alpha value is -1.67. The van der Waals surface area contributed by atoms with Crippen molar-refractivity contribution in [2.45, 2.75) is 116 Å². The van der Waals surface area contributed by atoms with Crippen LogP contribution < -0.4 is 5.32 Å². The number of aliphatic hydroxyl groups is 1. The molecule has 45 heavy (non-hydrogen) atoms. The largest absolute Gasteiger partial charge is 0.463 e. The monoisotopic (exact) mass is 640 g/mol. The van der Waals surface area contributed by atoms with Crippen molar-refractivity contribution in [2.24, 2.45) is 17.3 Å². The first-order valence-electron chi connectivity index (χ1n) is 16.5. The number of likely N-dealkylation sites (tertiary alicyclic amines) is 1. The number of likely N-dealkylation sites (N-methyl/N-ethyl adjacent to an activating group) is 2. The molecule has 0 aromatic rings. The van der Waals surface area contributed by atoms with Gasteiger partial charge in [0.2, 0.25) is 5.91 Å². The third kappa shape index (κ3) is 9.03. The molecule has 0 aromatic heterocycles. The molecule has 0 spiro atoms. The van der Waals surface area contributed by atoms with E-state index in [1.807, 2.05) is 53.7 Å². The molecule has 1 amide bonds. The fraction of sp³-hybridized carbons (Fsp3) is 0.909. The fourth-order valence-electron chi connectivity index (χ4n) is 7.12. The normalized spacial score (nSPS) is 36.5. The molecule has 0 radical (unpaired) electrons. The molecular weight excluding hydrogens is 580 g/mol. The maximum atomic E-state index is 14.1. The average molecular weight is 641 g/mol. The number of hydrogen-bond donors (Lipinski definition) is 2. The zero-order valence-corrected chi connectivity index (χ0v) is 29.5. The van der Waals surface area contributed by atoms with E-state index in [2.05, 4.69) is 15.1 Å². The fourth-order valence-corrected chi connectivity index (χ4v) is 7.12. The van der Waals surface area contributed by atoms with Crippen LogP contribution in [0.2, 0.25) is 0 Å². The van der Waals surface area contributed by atoms with Crippen molar-refractivity contribution in [3.05, 3.63) is 0 Å². The van der Waals surface area contributed by atoms with Crippen molar-refractivity contribution in [3.63, 3.8) is 0 Å². The van der Waals surface area contributed by atoms with Crippen LogP contribution in [0.1, 0.15) is 67.7 Å². The Labute approximate surface area is 270 Å². The van der Waals surface area contributed by atoms with E-state index in [9.17, 15) is 19.5 Å². The maximum absolute atomic E-state index is 14.1. The molecule has 3 rings (SSSR count). The molecule has 2 N–H and O–H groups in total. The number of esters is 1. The van der Waals surface area contributed by atoms with Gasteiger partial charge in [0, 0.05) is 50.2 Å². The van der Waals surface area contributed by atoms with E-state index in [1.165, 1.54) is 0 Å². The summed E-state index contributed by atoms with van der Waals surface area (Å²) >= 11 is 0. The lowest BCUT2D eigenvalue weighted by Crippen LogP contribution is -2.59. The molecule has 0 aliphatic carbocycles. The van der Waals surface area contributed by atoms with Crippen LogP contribution in [0, 0.1) is 17.3 Å². The maximum Gasteiger partial charge on any atom is 0.319 e. The lowest BCUT2D eigenvalue weighted by atomic mass is 9.75. The highest BCUT2D eigenvalue weighted by atomic mass is 16.7. The lowest BCUT2D eigenvalue weighted by molar-refractivity contribution is -0.295. The van der Waals surface area contributed by atoms with Crippen molar-refractivity contribution in [3.8, 4) is 0 Å². The molecule has 12 nitrogen and oxygen atoms in total. The highest BCUT2D eigenvalue weighted by Gasteiger charge is 2.51. The molecular formula is C33H60N4O8. The number of cyclic esters (lactones) is 1. The zero-order chi connectivity index (χ0) is 33.9. The van der Waals surface area contributed by atoms with E-state index in [1.54, 1.807) is 27.9 Å². The van der Waals surface area contributed by atoms with E-state index in [0.717, 1.165) is 19.5 Å². The number of hydrogen-bond acceptors (Lipinski definition) is 11. The van der Waals surface area contributed by atoms with Gasteiger partial charge in [-0.05, 0) is 88.5 Å². The Morgan fingerprint density at radius 1 is 1.18 bits per heavy atom. The van der Waals surface area contributed by atoms with Gasteiger partial charge in [-0.15, -0.1) is 0 Å². The van der Waals surface area contributed by atoms with Gasteiger partial charge in [0.25, 0.3) is 0 Å². The number of amides is 1. The van der Waals surface area contributed by atoms with E-state index in [-0.39, 0.29) is 48.4 Å². The number of nitrogens with one attached hydrogen (secondary N) is 1. The minimum absolute atomic E-state index is 0.000943. The molecule has 3 heterocycles. The van der Waals surface area contributed by atoms with Gasteiger partial charge in [0.15, 0.2) is 12.1 Å². The predicted octanol–water partition coefficient (Wildman–Crippen LogP) is 1.53. The average Bonchev–Trinajstić information content (AvgIpc) is 2.93. The number of ether oxygens (including phenoxy) is 4. The predicted molar refractivity (Wildman–Crippen MR) is 170 cm³/mol. The molecule has 3 aliphatic rings. The van der Waals surface area contributed by atoms with Crippen LogP contribution in [0.5, 0.6) is 0 Å². The van der Waals surface area contributed by atoms with E-state index >= 15 is 0 Å². The second kappa shape index (κ2) is 15.5. The van der Waals surface area contributed by atoms with Gasteiger partial charge in [-0.1, -0.05) is 6.92 Å². The van der Waals surface area contributed by atoms with E-state index in [4.69, 9.17) is 18.9 Å². The Bertz CT molecular complexity index is 1020. The van der Waals surface area contributed by atoms with Crippen LogP contribution in [0.4, 0.5) is 0 Å². The molecule has 3 fully saturated rings. The van der Waals surface area contributed by atoms with E-state index in [0.29, 0.717) is 25.9 Å². The quantitative estimate of drug-likeness (QED) is 0.296. The van der Waals surface area contributed by atoms with Gasteiger partial charge in [-0.2, -0.15) is 0 Å². The minimum Gasteiger partial charge on any atom is -0.463 e. The number of carbonyl (C=O) groups is 3. The number of methoxy groups -OCH3 is 1. The van der Waals surface area contributed by atoms with E-state index < -0.39 is 41.4 Å². The van der Waals surface area contributed by atoms with Crippen LogP contribution in [-0.4, -0.2) is 147 Å². The van der Waals surface area contributed by atoms with Gasteiger partial charge in [-0.3, -0.25) is 24.2 Å². The zero-order valence-electron chi connectivity index (χ0n) is 29.5. The van der Waals surface area contributed by atoms with Gasteiger partial charge >= 0.3 is 5.97 Å². The van der Waals surface area contributed by atoms with Crippen molar-refractivity contribution < 1.29 is 38.4 Å². The first-order chi connectivity index (χ1) is 20.9. The Morgan fingerprint density at radius 3 is 2.40 bits per heavy atom. The van der Waals surface area contributed by atoms with Crippen LogP contribution in [-0.2, 0) is 33.3 Å². The van der Waals surface area contributed by atoms with Gasteiger partial charge < -0.3 is 34.3 Å². The highest BCUT2D eigenvalue weighted by molar-refractivity contribution is 6.04. The standard InChI is InChI=1S/C33H60N4O8/c1-20(2)34-26(38)18-37-16-23(17-37)25-19-43-31(41)32(5,6)28(40)22(4)29(33(7,42-11)13-12-14-36(25)10)45-30-27(39)24(35(8)9)15-21(3)44-30/h20-25,27,29-30,39H,12-19H2,1-11H3,(H,34,38)/t21-,22+,24+,25?,27-,29-,30+,33-/m1/s1. The Kier molecular flexibility index (Phi) is 13.0. The number of Topliss-reactive ketones (excluding diaryl/α,β-unsaturated/α-hetero) is 1. The molecule has 3 saturated heterocycles. The highest BCUT2D eigenvalue weighted by Crippen LogP contribution is 2.37. The topological polar surface area (TPSA) is 130 Å². The summed E-state index contributed by atoms with van der Waals surface area (Å²) in [5, 5.41) is 14.2. The summed E-state index contributed by atoms with van der Waals surface area (Å²) in [6, 6.07) is -0.165. The number of carbonyl (C=O) groups excluding carboxylic acids is 3. The smallest absolute Gasteiger partial charge is 0.319 e. The summed E-state index contributed by atoms with van der Waals surface area (Å²) in [5.74, 6) is -1.47. The number of nitrogens with zero attached hydrogens (tertiary/aromatic N) is 3. The SMILES string of the molecule is CO[C@]1(C)CCCN(C)C(C2CN(CC(=O)NC(C)C)C2)COC(=O)C(C)(C)C(=O)[C@H](C)[C@H]1O[C@@H]1O[C@H](C)C[C@H](N(C)C)[C@H]1O. The second-order valence-electron chi connectivity index (χ2n) is 14.9. The first-order valence-corrected chi connectivity index (χ1v) is 16.5. The molecule has 0 bridgehead atoms. The summed E-state index contributed by atoms with van der Waals surface area (Å²) in [4.78, 5) is 46.2. The molecule has 0 aromatic carbocycles. The number of rotatable bonds is 8. The summed E-state index contributed by atoms with van der Waals surface area (Å²) in [7, 11) is 7.46. The molecule has 260 valence electrons. The molecule has 0 saturated carbocycles. The Balaban J connectivity index is 1.84. The summed E-state index contributed by atoms with van der Waals surface area (Å²) in [6.07, 6.45) is -0.943. The first kappa shape index (κ1) is 37.8. The molecule has 8 atom stereocenters. The third-order valence-electron chi connectivity index (χ3n) is 10.1. The van der Waals surface area contributed by atoms with Crippen LogP contribution >= 0.6 is 0 Å². The van der Waals surface area contributed by atoms with Crippen molar-refractivity contribution in [2.75, 3.05) is 61.0 Å².